The predicted molar refractivity (Wildman–Crippen MR) is 157 cm³/mol. The molecule has 212 valence electrons. The summed E-state index contributed by atoms with van der Waals surface area (Å²) in [5.41, 5.74) is 8.11. The highest BCUT2D eigenvalue weighted by atomic mass is 32.2. The van der Waals surface area contributed by atoms with Gasteiger partial charge in [0.15, 0.2) is 0 Å². The minimum Gasteiger partial charge on any atom is -0.368 e. The average Bonchev–Trinajstić information content (AvgIpc) is 2.94. The molecule has 0 spiro atoms. The Kier molecular flexibility index (Phi) is 10.2. The van der Waals surface area contributed by atoms with Crippen LogP contribution in [0, 0.1) is 12.7 Å². The fourth-order valence-electron chi connectivity index (χ4n) is 4.63. The lowest BCUT2D eigenvalue weighted by molar-refractivity contribution is 0.153. The van der Waals surface area contributed by atoms with Crippen molar-refractivity contribution in [1.29, 1.82) is 0 Å². The molecule has 0 bridgehead atoms. The normalized spacial score (nSPS) is 13.9. The molecule has 40 heavy (non-hydrogen) atoms. The van der Waals surface area contributed by atoms with E-state index in [1.54, 1.807) is 31.2 Å². The summed E-state index contributed by atoms with van der Waals surface area (Å²) in [6.07, 6.45) is 5.80. The highest BCUT2D eigenvalue weighted by Crippen LogP contribution is 2.32. The number of anilines is 2. The van der Waals surface area contributed by atoms with E-state index in [2.05, 4.69) is 43.7 Å². The molecule has 11 heteroatoms. The maximum atomic E-state index is 13.6. The third-order valence-electron chi connectivity index (χ3n) is 6.83. The second-order valence-corrected chi connectivity index (χ2v) is 10.7. The minimum absolute atomic E-state index is 0.0346. The lowest BCUT2D eigenvalue weighted by Crippen LogP contribution is -2.29. The molecule has 7 nitrogen and oxygen atoms in total. The van der Waals surface area contributed by atoms with Gasteiger partial charge in [-0.05, 0) is 81.7 Å². The third-order valence-corrected chi connectivity index (χ3v) is 7.66. The van der Waals surface area contributed by atoms with E-state index in [-0.39, 0.29) is 28.4 Å². The minimum atomic E-state index is -2.74. The zero-order chi connectivity index (χ0) is 28.6. The number of nitrogens with two attached hydrogens (primary N) is 1. The Morgan fingerprint density at radius 2 is 1.75 bits per heavy atom. The summed E-state index contributed by atoms with van der Waals surface area (Å²) in [6, 6.07) is 12.0. The molecule has 1 aliphatic carbocycles. The van der Waals surface area contributed by atoms with Crippen molar-refractivity contribution in [3.05, 3.63) is 71.3 Å². The lowest BCUT2D eigenvalue weighted by Gasteiger charge is -2.27. The standard InChI is InChI=1S/C21H17F3N6S.C8H17N/c1-11-14(6-7-18(27-11)30-31-10-12-2-4-13(22)5-3-12)16-8-15(20(23)24)19-17(28-16)9-26-21(25)29-19;1-9(2)8-6-4-3-5-7-8/h2-9,20H,10H2,1H3,(H,27,30)(H2,25,26,29);8H,3-7H2,1-2H3. The number of nitrogens with zero attached hydrogens (tertiary/aromatic N) is 5. The molecule has 0 atom stereocenters. The second-order valence-electron chi connectivity index (χ2n) is 9.96. The van der Waals surface area contributed by atoms with Crippen LogP contribution in [-0.4, -0.2) is 45.0 Å². The van der Waals surface area contributed by atoms with Gasteiger partial charge in [0.05, 0.1) is 11.9 Å². The molecule has 4 aromatic rings. The number of alkyl halides is 2. The van der Waals surface area contributed by atoms with Crippen LogP contribution < -0.4 is 10.5 Å². The van der Waals surface area contributed by atoms with Gasteiger partial charge in [-0.25, -0.2) is 33.1 Å². The van der Waals surface area contributed by atoms with Gasteiger partial charge in [0.2, 0.25) is 5.95 Å². The number of pyridine rings is 2. The van der Waals surface area contributed by atoms with Gasteiger partial charge in [-0.1, -0.05) is 31.4 Å². The van der Waals surface area contributed by atoms with Crippen molar-refractivity contribution in [2.24, 2.45) is 0 Å². The number of nitrogens with one attached hydrogen (secondary N) is 1. The molecule has 0 unspecified atom stereocenters. The van der Waals surface area contributed by atoms with Gasteiger partial charge in [-0.15, -0.1) is 0 Å². The van der Waals surface area contributed by atoms with Crippen LogP contribution in [0.5, 0.6) is 0 Å². The molecule has 0 aliphatic heterocycles. The Labute approximate surface area is 237 Å². The first-order valence-corrected chi connectivity index (χ1v) is 14.2. The van der Waals surface area contributed by atoms with E-state index in [0.29, 0.717) is 28.5 Å². The number of benzene rings is 1. The van der Waals surface area contributed by atoms with Crippen LogP contribution in [0.1, 0.15) is 55.4 Å². The molecule has 1 aliphatic rings. The molecule has 1 saturated carbocycles. The SMILES string of the molecule is CN(C)C1CCCCC1.Cc1nc(NSCc2ccc(F)cc2)ccc1-c1cc(C(F)F)c2nc(N)ncc2n1. The number of hydrogen-bond donors (Lipinski definition) is 2. The molecule has 3 aromatic heterocycles. The molecule has 0 radical (unpaired) electrons. The molecule has 1 fully saturated rings. The number of halogens is 3. The lowest BCUT2D eigenvalue weighted by atomic mass is 9.95. The first-order chi connectivity index (χ1) is 19.2. The predicted octanol–water partition coefficient (Wildman–Crippen LogP) is 7.20. The van der Waals surface area contributed by atoms with Crippen molar-refractivity contribution in [3.63, 3.8) is 0 Å². The number of rotatable bonds is 7. The van der Waals surface area contributed by atoms with Crippen LogP contribution in [0.15, 0.2) is 48.7 Å². The van der Waals surface area contributed by atoms with Crippen molar-refractivity contribution >= 4 is 34.7 Å². The van der Waals surface area contributed by atoms with Gasteiger partial charge in [-0.3, -0.25) is 0 Å². The number of hydrogen-bond acceptors (Lipinski definition) is 8. The Bertz CT molecular complexity index is 1410. The summed E-state index contributed by atoms with van der Waals surface area (Å²) in [4.78, 5) is 19.0. The summed E-state index contributed by atoms with van der Waals surface area (Å²) >= 11 is 1.41. The Morgan fingerprint density at radius 1 is 1.02 bits per heavy atom. The van der Waals surface area contributed by atoms with Crippen LogP contribution in [0.25, 0.3) is 22.3 Å². The summed E-state index contributed by atoms with van der Waals surface area (Å²) in [5.74, 6) is 0.868. The smallest absolute Gasteiger partial charge is 0.266 e. The zero-order valence-corrected chi connectivity index (χ0v) is 23.7. The molecule has 0 amide bonds. The fraction of sp³-hybridized carbons (Fsp3) is 0.379. The van der Waals surface area contributed by atoms with Crippen molar-refractivity contribution in [2.45, 2.75) is 57.2 Å². The van der Waals surface area contributed by atoms with Crippen LogP contribution >= 0.6 is 11.9 Å². The zero-order valence-electron chi connectivity index (χ0n) is 22.9. The maximum absolute atomic E-state index is 13.6. The molecule has 5 rings (SSSR count). The van der Waals surface area contributed by atoms with Gasteiger partial charge in [0, 0.05) is 28.6 Å². The summed E-state index contributed by atoms with van der Waals surface area (Å²) in [6.45, 7) is 1.78. The number of nitrogen functional groups attached to an aromatic ring is 1. The maximum Gasteiger partial charge on any atom is 0.266 e. The average molecular weight is 570 g/mol. The van der Waals surface area contributed by atoms with Gasteiger partial charge in [0.1, 0.15) is 22.7 Å². The summed E-state index contributed by atoms with van der Waals surface area (Å²) in [7, 11) is 4.38. The van der Waals surface area contributed by atoms with Crippen molar-refractivity contribution in [2.75, 3.05) is 24.6 Å². The van der Waals surface area contributed by atoms with Crippen LogP contribution in [0.2, 0.25) is 0 Å². The van der Waals surface area contributed by atoms with E-state index in [1.165, 1.54) is 68.4 Å². The number of aromatic nitrogens is 4. The third kappa shape index (κ3) is 7.82. The van der Waals surface area contributed by atoms with Gasteiger partial charge < -0.3 is 15.4 Å². The molecular formula is C29H34F3N7S. The van der Waals surface area contributed by atoms with E-state index >= 15 is 0 Å². The Hall–Kier alpha value is -3.44. The summed E-state index contributed by atoms with van der Waals surface area (Å²) < 4.78 is 43.3. The Balaban J connectivity index is 0.000000350. The highest BCUT2D eigenvalue weighted by Gasteiger charge is 2.18. The van der Waals surface area contributed by atoms with Crippen LogP contribution in [0.4, 0.5) is 24.9 Å². The van der Waals surface area contributed by atoms with E-state index in [1.807, 2.05) is 0 Å². The highest BCUT2D eigenvalue weighted by molar-refractivity contribution is 7.99. The van der Waals surface area contributed by atoms with E-state index in [4.69, 9.17) is 5.73 Å². The van der Waals surface area contributed by atoms with Crippen LogP contribution in [-0.2, 0) is 5.75 Å². The second kappa shape index (κ2) is 13.8. The molecule has 1 aromatic carbocycles. The molecule has 3 N–H and O–H groups in total. The quantitative estimate of drug-likeness (QED) is 0.226. The first kappa shape index (κ1) is 29.5. The van der Waals surface area contributed by atoms with Gasteiger partial charge in [-0.2, -0.15) is 0 Å². The van der Waals surface area contributed by atoms with E-state index in [0.717, 1.165) is 11.6 Å². The van der Waals surface area contributed by atoms with Gasteiger partial charge in [0.25, 0.3) is 6.43 Å². The largest absolute Gasteiger partial charge is 0.368 e. The molecule has 0 saturated heterocycles. The van der Waals surface area contributed by atoms with Crippen molar-refractivity contribution in [1.82, 2.24) is 24.8 Å². The number of aryl methyl sites for hydroxylation is 1. The van der Waals surface area contributed by atoms with E-state index in [9.17, 15) is 13.2 Å². The molecule has 3 heterocycles. The topological polar surface area (TPSA) is 92.9 Å². The summed E-state index contributed by atoms with van der Waals surface area (Å²) in [5, 5.41) is 0. The van der Waals surface area contributed by atoms with Gasteiger partial charge >= 0.3 is 0 Å². The van der Waals surface area contributed by atoms with E-state index < -0.39 is 6.43 Å². The fourth-order valence-corrected chi connectivity index (χ4v) is 5.32. The first-order valence-electron chi connectivity index (χ1n) is 13.2. The number of fused-ring (bicyclic) bond motifs is 1. The van der Waals surface area contributed by atoms with Crippen molar-refractivity contribution < 1.29 is 13.2 Å². The van der Waals surface area contributed by atoms with Crippen molar-refractivity contribution in [3.8, 4) is 11.3 Å². The monoisotopic (exact) mass is 569 g/mol. The molecular weight excluding hydrogens is 535 g/mol. The van der Waals surface area contributed by atoms with Crippen LogP contribution in [0.3, 0.4) is 0 Å². The Morgan fingerprint density at radius 3 is 2.38 bits per heavy atom.